The minimum absolute atomic E-state index is 0.0377. The fraction of sp³-hybridized carbons (Fsp3) is 0.214. The first-order valence-electron chi connectivity index (χ1n) is 12.4. The number of nitrogens with one attached hydrogen (secondary N) is 2. The predicted molar refractivity (Wildman–Crippen MR) is 154 cm³/mol. The lowest BCUT2D eigenvalue weighted by atomic mass is 10.1. The maximum atomic E-state index is 13.1. The van der Waals surface area contributed by atoms with Crippen molar-refractivity contribution >= 4 is 40.9 Å². The molecule has 1 heterocycles. The Hall–Kier alpha value is -4.43. The lowest BCUT2D eigenvalue weighted by Gasteiger charge is -2.14. The highest BCUT2D eigenvalue weighted by molar-refractivity contribution is 7.99. The third-order valence-corrected chi connectivity index (χ3v) is 7.21. The van der Waals surface area contributed by atoms with Crippen LogP contribution in [0.1, 0.15) is 21.7 Å². The van der Waals surface area contributed by atoms with Crippen molar-refractivity contribution in [2.75, 3.05) is 32.4 Å². The average molecular weight is 636 g/mol. The summed E-state index contributed by atoms with van der Waals surface area (Å²) in [5, 5.41) is 13.8. The second-order valence-electron chi connectivity index (χ2n) is 8.70. The third-order valence-electron chi connectivity index (χ3n) is 5.95. The summed E-state index contributed by atoms with van der Waals surface area (Å²) in [7, 11) is 4.33. The number of amides is 2. The molecule has 0 fully saturated rings. The highest BCUT2D eigenvalue weighted by Gasteiger charge is 2.31. The topological polar surface area (TPSA) is 117 Å². The van der Waals surface area contributed by atoms with Crippen molar-refractivity contribution in [2.24, 2.45) is 0 Å². The molecule has 2 amide bonds. The van der Waals surface area contributed by atoms with Gasteiger partial charge in [0.05, 0.1) is 49.9 Å². The zero-order valence-corrected chi connectivity index (χ0v) is 24.6. The minimum Gasteiger partial charge on any atom is -0.493 e. The number of nitrogens with zero attached hydrogens (tertiary/aromatic N) is 3. The molecule has 43 heavy (non-hydrogen) atoms. The van der Waals surface area contributed by atoms with Gasteiger partial charge in [-0.2, -0.15) is 13.2 Å². The van der Waals surface area contributed by atoms with Crippen LogP contribution < -0.4 is 24.8 Å². The number of benzene rings is 3. The maximum absolute atomic E-state index is 13.1. The van der Waals surface area contributed by atoms with Gasteiger partial charge in [-0.3, -0.25) is 14.2 Å². The molecule has 0 saturated heterocycles. The van der Waals surface area contributed by atoms with Crippen molar-refractivity contribution in [3.05, 3.63) is 82.6 Å². The van der Waals surface area contributed by atoms with Crippen LogP contribution in [0.2, 0.25) is 5.02 Å². The normalized spacial score (nSPS) is 11.1. The first kappa shape index (κ1) is 31.5. The highest BCUT2D eigenvalue weighted by Crippen LogP contribution is 2.38. The van der Waals surface area contributed by atoms with Crippen LogP contribution in [0.15, 0.2) is 65.8 Å². The van der Waals surface area contributed by atoms with Gasteiger partial charge in [-0.15, -0.1) is 10.2 Å². The molecule has 0 aliphatic heterocycles. The van der Waals surface area contributed by atoms with E-state index in [0.717, 1.165) is 30.0 Å². The molecular formula is C28H25ClF3N5O5S. The molecule has 0 saturated carbocycles. The Kier molecular flexibility index (Phi) is 10.0. The molecule has 2 N–H and O–H groups in total. The molecule has 0 radical (unpaired) electrons. The molecular weight excluding hydrogens is 611 g/mol. The van der Waals surface area contributed by atoms with E-state index in [4.69, 9.17) is 25.8 Å². The van der Waals surface area contributed by atoms with Gasteiger partial charge in [0.2, 0.25) is 11.7 Å². The SMILES string of the molecule is COc1cc(C(=O)NCc2nnc(SCC(=O)Nc3cc(C(F)(F)F)ccc3Cl)n2-c2ccccc2)cc(OC)c1OC. The molecule has 0 aliphatic rings. The van der Waals surface area contributed by atoms with Crippen molar-refractivity contribution in [2.45, 2.75) is 17.9 Å². The largest absolute Gasteiger partial charge is 0.493 e. The summed E-state index contributed by atoms with van der Waals surface area (Å²) in [6.45, 7) is -0.0377. The number of ether oxygens (including phenoxy) is 3. The maximum Gasteiger partial charge on any atom is 0.416 e. The van der Waals surface area contributed by atoms with Crippen molar-refractivity contribution in [3.63, 3.8) is 0 Å². The second-order valence-corrected chi connectivity index (χ2v) is 10.0. The summed E-state index contributed by atoms with van der Waals surface area (Å²) in [5.74, 6) is 0.0439. The van der Waals surface area contributed by atoms with Gasteiger partial charge >= 0.3 is 6.18 Å². The van der Waals surface area contributed by atoms with Crippen LogP contribution in [0.4, 0.5) is 18.9 Å². The lowest BCUT2D eigenvalue weighted by Crippen LogP contribution is -2.25. The number of carbonyl (C=O) groups is 2. The van der Waals surface area contributed by atoms with Gasteiger partial charge in [0.1, 0.15) is 0 Å². The predicted octanol–water partition coefficient (Wildman–Crippen LogP) is 5.63. The first-order valence-corrected chi connectivity index (χ1v) is 13.8. The van der Waals surface area contributed by atoms with E-state index in [0.29, 0.717) is 33.9 Å². The summed E-state index contributed by atoms with van der Waals surface area (Å²) in [4.78, 5) is 25.7. The molecule has 4 rings (SSSR count). The van der Waals surface area contributed by atoms with Gasteiger partial charge in [0.15, 0.2) is 22.5 Å². The number of hydrogen-bond acceptors (Lipinski definition) is 8. The molecule has 226 valence electrons. The highest BCUT2D eigenvalue weighted by atomic mass is 35.5. The monoisotopic (exact) mass is 635 g/mol. The zero-order valence-electron chi connectivity index (χ0n) is 23.0. The number of aromatic nitrogens is 3. The van der Waals surface area contributed by atoms with Crippen LogP contribution in [-0.4, -0.2) is 53.7 Å². The van der Waals surface area contributed by atoms with E-state index >= 15 is 0 Å². The number of anilines is 1. The van der Waals surface area contributed by atoms with E-state index in [1.54, 1.807) is 28.8 Å². The van der Waals surface area contributed by atoms with E-state index in [9.17, 15) is 22.8 Å². The number of hydrogen-bond donors (Lipinski definition) is 2. The molecule has 3 aromatic carbocycles. The summed E-state index contributed by atoms with van der Waals surface area (Å²) in [5.41, 5.74) is -0.197. The number of carbonyl (C=O) groups excluding carboxylic acids is 2. The lowest BCUT2D eigenvalue weighted by molar-refractivity contribution is -0.137. The Labute approximate surface area is 253 Å². The Balaban J connectivity index is 1.51. The molecule has 1 aromatic heterocycles. The van der Waals surface area contributed by atoms with Crippen molar-refractivity contribution < 1.29 is 37.0 Å². The van der Waals surface area contributed by atoms with Gasteiger partial charge in [-0.1, -0.05) is 41.6 Å². The van der Waals surface area contributed by atoms with E-state index in [1.807, 2.05) is 6.07 Å². The van der Waals surface area contributed by atoms with Gasteiger partial charge < -0.3 is 24.8 Å². The van der Waals surface area contributed by atoms with Gasteiger partial charge in [0, 0.05) is 11.3 Å². The van der Waals surface area contributed by atoms with Crippen LogP contribution in [0, 0.1) is 0 Å². The summed E-state index contributed by atoms with van der Waals surface area (Å²) >= 11 is 7.00. The molecule has 10 nitrogen and oxygen atoms in total. The van der Waals surface area contributed by atoms with Crippen molar-refractivity contribution in [1.82, 2.24) is 20.1 Å². The van der Waals surface area contributed by atoms with Gasteiger partial charge in [-0.05, 0) is 42.5 Å². The molecule has 0 aliphatic carbocycles. The van der Waals surface area contributed by atoms with Crippen LogP contribution in [0.25, 0.3) is 5.69 Å². The van der Waals surface area contributed by atoms with Crippen molar-refractivity contribution in [3.8, 4) is 22.9 Å². The molecule has 0 atom stereocenters. The summed E-state index contributed by atoms with van der Waals surface area (Å²) in [6, 6.07) is 14.7. The van der Waals surface area contributed by atoms with E-state index in [-0.39, 0.29) is 28.6 Å². The standard InChI is InChI=1S/C28H25ClF3N5O5S/c1-40-21-11-16(12-22(41-2)25(21)42-3)26(39)33-14-23-35-36-27(37(23)18-7-5-4-6-8-18)43-15-24(38)34-20-13-17(28(30,31)32)9-10-19(20)29/h4-13H,14-15H2,1-3H3,(H,33,39)(H,34,38). The summed E-state index contributed by atoms with van der Waals surface area (Å²) in [6.07, 6.45) is -4.59. The fourth-order valence-electron chi connectivity index (χ4n) is 3.93. The number of thioether (sulfide) groups is 1. The van der Waals surface area contributed by atoms with E-state index in [2.05, 4.69) is 20.8 Å². The smallest absolute Gasteiger partial charge is 0.416 e. The molecule has 0 unspecified atom stereocenters. The first-order chi connectivity index (χ1) is 20.5. The van der Waals surface area contributed by atoms with E-state index in [1.165, 1.54) is 33.5 Å². The quantitative estimate of drug-likeness (QED) is 0.204. The zero-order chi connectivity index (χ0) is 31.1. The molecule has 0 spiro atoms. The third kappa shape index (κ3) is 7.51. The Bertz CT molecular complexity index is 1590. The number of halogens is 4. The fourth-order valence-corrected chi connectivity index (χ4v) is 4.87. The number of para-hydroxylation sites is 1. The van der Waals surface area contributed by atoms with Crippen LogP contribution in [-0.2, 0) is 17.5 Å². The Morgan fingerprint density at radius 1 is 0.953 bits per heavy atom. The summed E-state index contributed by atoms with van der Waals surface area (Å²) < 4.78 is 56.9. The van der Waals surface area contributed by atoms with Crippen LogP contribution >= 0.6 is 23.4 Å². The average Bonchev–Trinajstić information content (AvgIpc) is 3.41. The minimum atomic E-state index is -4.59. The second kappa shape index (κ2) is 13.7. The van der Waals surface area contributed by atoms with Crippen LogP contribution in [0.5, 0.6) is 17.2 Å². The number of alkyl halides is 3. The van der Waals surface area contributed by atoms with E-state index < -0.39 is 23.6 Å². The number of methoxy groups -OCH3 is 3. The Morgan fingerprint density at radius 3 is 2.23 bits per heavy atom. The number of rotatable bonds is 11. The molecule has 4 aromatic rings. The van der Waals surface area contributed by atoms with Crippen molar-refractivity contribution in [1.29, 1.82) is 0 Å². The molecule has 0 bridgehead atoms. The molecule has 15 heteroatoms. The Morgan fingerprint density at radius 2 is 1.63 bits per heavy atom. The van der Waals surface area contributed by atoms with Gasteiger partial charge in [-0.25, -0.2) is 0 Å². The van der Waals surface area contributed by atoms with Gasteiger partial charge in [0.25, 0.3) is 5.91 Å². The van der Waals surface area contributed by atoms with Crippen LogP contribution in [0.3, 0.4) is 0 Å².